The van der Waals surface area contributed by atoms with Gasteiger partial charge in [0.05, 0.1) is 34.2 Å². The zero-order valence-electron chi connectivity index (χ0n) is 16.6. The van der Waals surface area contributed by atoms with Crippen molar-refractivity contribution in [3.8, 4) is 0 Å². The van der Waals surface area contributed by atoms with Gasteiger partial charge in [-0.2, -0.15) is 0 Å². The summed E-state index contributed by atoms with van der Waals surface area (Å²) in [6.07, 6.45) is 0. The molecule has 1 aromatic heterocycles. The summed E-state index contributed by atoms with van der Waals surface area (Å²) in [5.41, 5.74) is 0.942. The number of thioether (sulfide) groups is 1. The molecule has 0 fully saturated rings. The van der Waals surface area contributed by atoms with E-state index in [4.69, 9.17) is 16.3 Å². The fraction of sp³-hybridized carbons (Fsp3) is 0.150. The minimum Gasteiger partial charge on any atom is -0.462 e. The van der Waals surface area contributed by atoms with Crippen LogP contribution in [0.3, 0.4) is 0 Å². The average Bonchev–Trinajstić information content (AvgIpc) is 3.21. The topological polar surface area (TPSA) is 110 Å². The number of nitrogens with zero attached hydrogens (tertiary/aromatic N) is 2. The molecule has 0 aliphatic carbocycles. The Morgan fingerprint density at radius 2 is 1.91 bits per heavy atom. The van der Waals surface area contributed by atoms with E-state index in [9.17, 15) is 14.4 Å². The second-order valence-corrected chi connectivity index (χ2v) is 9.58. The Kier molecular flexibility index (Phi) is 8.62. The minimum atomic E-state index is -0.508. The standard InChI is InChI=1S/C20H16BrClN4O4S2/c1-2-30-18(29)12-5-3-4-6-15(12)23-16(27)10-31-20-26-25-19(32-20)24-17(28)13-9-11(21)7-8-14(13)22/h3-9H,2,10H2,1H3,(H,23,27)(H,24,25,28). The van der Waals surface area contributed by atoms with Crippen LogP contribution in [0.25, 0.3) is 0 Å². The number of amides is 2. The Labute approximate surface area is 205 Å². The highest BCUT2D eigenvalue weighted by atomic mass is 79.9. The lowest BCUT2D eigenvalue weighted by Gasteiger charge is -2.09. The molecule has 0 saturated carbocycles. The van der Waals surface area contributed by atoms with Crippen LogP contribution in [0.2, 0.25) is 5.02 Å². The number of halogens is 2. The van der Waals surface area contributed by atoms with E-state index < -0.39 is 11.9 Å². The molecule has 2 amide bonds. The molecule has 2 N–H and O–H groups in total. The van der Waals surface area contributed by atoms with Crippen LogP contribution in [0.15, 0.2) is 51.3 Å². The smallest absolute Gasteiger partial charge is 0.340 e. The molecule has 0 saturated heterocycles. The van der Waals surface area contributed by atoms with Crippen molar-refractivity contribution >= 4 is 79.2 Å². The van der Waals surface area contributed by atoms with E-state index in [-0.39, 0.29) is 29.0 Å². The Bertz CT molecular complexity index is 1160. The highest BCUT2D eigenvalue weighted by Gasteiger charge is 2.16. The highest BCUT2D eigenvalue weighted by molar-refractivity contribution is 9.10. The molecular formula is C20H16BrClN4O4S2. The number of esters is 1. The molecule has 0 unspecified atom stereocenters. The van der Waals surface area contributed by atoms with Crippen LogP contribution in [0.4, 0.5) is 10.8 Å². The number of nitrogens with one attached hydrogen (secondary N) is 2. The third-order valence-electron chi connectivity index (χ3n) is 3.82. The highest BCUT2D eigenvalue weighted by Crippen LogP contribution is 2.27. The van der Waals surface area contributed by atoms with Gasteiger partial charge < -0.3 is 10.1 Å². The molecule has 0 spiro atoms. The molecule has 0 aliphatic heterocycles. The summed E-state index contributed by atoms with van der Waals surface area (Å²) in [5, 5.41) is 13.8. The molecule has 8 nitrogen and oxygen atoms in total. The van der Waals surface area contributed by atoms with Gasteiger partial charge in [-0.3, -0.25) is 14.9 Å². The van der Waals surface area contributed by atoms with E-state index in [1.54, 1.807) is 49.4 Å². The summed E-state index contributed by atoms with van der Waals surface area (Å²) < 4.78 is 6.22. The van der Waals surface area contributed by atoms with Crippen molar-refractivity contribution in [1.82, 2.24) is 10.2 Å². The van der Waals surface area contributed by atoms with Crippen molar-refractivity contribution < 1.29 is 19.1 Å². The first-order valence-electron chi connectivity index (χ1n) is 9.16. The summed E-state index contributed by atoms with van der Waals surface area (Å²) in [7, 11) is 0. The molecular weight excluding hydrogens is 540 g/mol. The number of carbonyl (C=O) groups is 3. The predicted octanol–water partition coefficient (Wildman–Crippen LogP) is 5.11. The van der Waals surface area contributed by atoms with Crippen molar-refractivity contribution in [3.63, 3.8) is 0 Å². The van der Waals surface area contributed by atoms with Crippen LogP contribution < -0.4 is 10.6 Å². The lowest BCUT2D eigenvalue weighted by atomic mass is 10.2. The van der Waals surface area contributed by atoms with Gasteiger partial charge in [0.2, 0.25) is 11.0 Å². The minimum absolute atomic E-state index is 0.0389. The van der Waals surface area contributed by atoms with E-state index in [0.29, 0.717) is 20.6 Å². The zero-order chi connectivity index (χ0) is 23.1. The maximum atomic E-state index is 12.4. The lowest BCUT2D eigenvalue weighted by Crippen LogP contribution is -2.17. The van der Waals surface area contributed by atoms with Gasteiger partial charge in [0, 0.05) is 4.47 Å². The fourth-order valence-corrected chi connectivity index (χ4v) is 4.56. The van der Waals surface area contributed by atoms with Gasteiger partial charge in [-0.1, -0.05) is 62.8 Å². The van der Waals surface area contributed by atoms with Crippen molar-refractivity contribution in [2.75, 3.05) is 23.0 Å². The summed E-state index contributed by atoms with van der Waals surface area (Å²) in [6.45, 7) is 1.95. The van der Waals surface area contributed by atoms with E-state index in [0.717, 1.165) is 27.6 Å². The Morgan fingerprint density at radius 1 is 1.12 bits per heavy atom. The van der Waals surface area contributed by atoms with Gasteiger partial charge in [-0.05, 0) is 37.3 Å². The van der Waals surface area contributed by atoms with Crippen molar-refractivity contribution in [3.05, 3.63) is 63.1 Å². The van der Waals surface area contributed by atoms with Gasteiger partial charge in [0.15, 0.2) is 4.34 Å². The number of aromatic nitrogens is 2. The number of hydrogen-bond acceptors (Lipinski definition) is 8. The summed E-state index contributed by atoms with van der Waals surface area (Å²) in [5.74, 6) is -1.21. The van der Waals surface area contributed by atoms with Crippen LogP contribution in [-0.4, -0.2) is 40.3 Å². The third-order valence-corrected chi connectivity index (χ3v) is 6.62. The largest absolute Gasteiger partial charge is 0.462 e. The summed E-state index contributed by atoms with van der Waals surface area (Å²) in [6, 6.07) is 11.6. The third kappa shape index (κ3) is 6.52. The van der Waals surface area contributed by atoms with E-state index in [1.807, 2.05) is 0 Å². The maximum absolute atomic E-state index is 12.4. The monoisotopic (exact) mass is 554 g/mol. The van der Waals surface area contributed by atoms with Crippen LogP contribution in [0.5, 0.6) is 0 Å². The summed E-state index contributed by atoms with van der Waals surface area (Å²) in [4.78, 5) is 36.8. The van der Waals surface area contributed by atoms with Crippen molar-refractivity contribution in [2.45, 2.75) is 11.3 Å². The van der Waals surface area contributed by atoms with Crippen LogP contribution >= 0.6 is 50.6 Å². The van der Waals surface area contributed by atoms with Gasteiger partial charge >= 0.3 is 5.97 Å². The first-order chi connectivity index (χ1) is 15.4. The predicted molar refractivity (Wildman–Crippen MR) is 129 cm³/mol. The number of carbonyl (C=O) groups excluding carboxylic acids is 3. The normalized spacial score (nSPS) is 10.5. The quantitative estimate of drug-likeness (QED) is 0.226. The maximum Gasteiger partial charge on any atom is 0.340 e. The molecule has 0 radical (unpaired) electrons. The number of rotatable bonds is 8. The second kappa shape index (κ2) is 11.4. The van der Waals surface area contributed by atoms with Crippen LogP contribution in [0, 0.1) is 0 Å². The SMILES string of the molecule is CCOC(=O)c1ccccc1NC(=O)CSc1nnc(NC(=O)c2cc(Br)ccc2Cl)s1. The molecule has 32 heavy (non-hydrogen) atoms. The molecule has 0 aliphatic rings. The van der Waals surface area contributed by atoms with Crippen molar-refractivity contribution in [2.24, 2.45) is 0 Å². The molecule has 166 valence electrons. The van der Waals surface area contributed by atoms with Crippen LogP contribution in [0.1, 0.15) is 27.6 Å². The Morgan fingerprint density at radius 3 is 2.69 bits per heavy atom. The van der Waals surface area contributed by atoms with Gasteiger partial charge in [-0.15, -0.1) is 10.2 Å². The number of ether oxygens (including phenoxy) is 1. The number of hydrogen-bond donors (Lipinski definition) is 2. The molecule has 0 bridgehead atoms. The van der Waals surface area contributed by atoms with E-state index in [2.05, 4.69) is 36.8 Å². The zero-order valence-corrected chi connectivity index (χ0v) is 20.5. The Balaban J connectivity index is 1.56. The molecule has 3 rings (SSSR count). The van der Waals surface area contributed by atoms with E-state index in [1.165, 1.54) is 0 Å². The van der Waals surface area contributed by atoms with E-state index >= 15 is 0 Å². The molecule has 1 heterocycles. The second-order valence-electron chi connectivity index (χ2n) is 6.05. The molecule has 12 heteroatoms. The Hall–Kier alpha value is -2.47. The summed E-state index contributed by atoms with van der Waals surface area (Å²) >= 11 is 11.7. The number of para-hydroxylation sites is 1. The molecule has 3 aromatic rings. The lowest BCUT2D eigenvalue weighted by molar-refractivity contribution is -0.113. The number of benzene rings is 2. The van der Waals surface area contributed by atoms with Gasteiger partial charge in [0.25, 0.3) is 5.91 Å². The average molecular weight is 556 g/mol. The van der Waals surface area contributed by atoms with Gasteiger partial charge in [-0.25, -0.2) is 4.79 Å². The fourth-order valence-electron chi connectivity index (χ4n) is 2.45. The first-order valence-corrected chi connectivity index (χ1v) is 12.1. The number of anilines is 2. The van der Waals surface area contributed by atoms with Crippen LogP contribution in [-0.2, 0) is 9.53 Å². The van der Waals surface area contributed by atoms with Crippen molar-refractivity contribution in [1.29, 1.82) is 0 Å². The first kappa shape index (κ1) is 24.2. The molecule has 0 atom stereocenters. The van der Waals surface area contributed by atoms with Gasteiger partial charge in [0.1, 0.15) is 0 Å². The molecule has 2 aromatic carbocycles.